The van der Waals surface area contributed by atoms with Gasteiger partial charge in [-0.25, -0.2) is 0 Å². The lowest BCUT2D eigenvalue weighted by Crippen LogP contribution is -2.55. The Kier molecular flexibility index (Phi) is 3.42. The molecule has 0 unspecified atom stereocenters. The van der Waals surface area contributed by atoms with E-state index in [1.807, 2.05) is 24.3 Å². The van der Waals surface area contributed by atoms with Gasteiger partial charge < -0.3 is 5.32 Å². The highest BCUT2D eigenvalue weighted by molar-refractivity contribution is 5.78. The van der Waals surface area contributed by atoms with Crippen molar-refractivity contribution in [1.82, 2.24) is 5.32 Å². The minimum atomic E-state index is 0.0463. The quantitative estimate of drug-likeness (QED) is 0.872. The van der Waals surface area contributed by atoms with Crippen molar-refractivity contribution in [1.29, 1.82) is 5.26 Å². The van der Waals surface area contributed by atoms with Gasteiger partial charge in [-0.15, -0.1) is 0 Å². The van der Waals surface area contributed by atoms with Crippen LogP contribution in [0.2, 0.25) is 0 Å². The molecule has 0 aromatic heterocycles. The standard InChI is InChI=1S/C21H20N2O/c1-21-11-10-20(24)23-19(21)9-7-17-12-16(6-8-18(17)21)15-4-2-14(13-22)3-5-15/h2-6,8,12,19H,7,9-11H2,1H3,(H,23,24)/t19-,21-/m1/s1. The molecule has 3 heteroatoms. The normalized spacial score (nSPS) is 25.2. The van der Waals surface area contributed by atoms with Crippen LogP contribution in [0.5, 0.6) is 0 Å². The fraction of sp³-hybridized carbons (Fsp3) is 0.333. The first-order valence-electron chi connectivity index (χ1n) is 8.53. The van der Waals surface area contributed by atoms with Gasteiger partial charge in [0, 0.05) is 17.9 Å². The second kappa shape index (κ2) is 5.49. The summed E-state index contributed by atoms with van der Waals surface area (Å²) in [7, 11) is 0. The summed E-state index contributed by atoms with van der Waals surface area (Å²) in [5.74, 6) is 0.190. The number of nitrogens with zero attached hydrogens (tertiary/aromatic N) is 1. The summed E-state index contributed by atoms with van der Waals surface area (Å²) < 4.78 is 0. The molecule has 1 N–H and O–H groups in total. The van der Waals surface area contributed by atoms with Gasteiger partial charge in [0.25, 0.3) is 0 Å². The number of aryl methyl sites for hydroxylation is 1. The van der Waals surface area contributed by atoms with Crippen molar-refractivity contribution >= 4 is 5.91 Å². The molecular formula is C21H20N2O. The first-order valence-corrected chi connectivity index (χ1v) is 8.53. The second-order valence-electron chi connectivity index (χ2n) is 7.14. The molecule has 1 saturated heterocycles. The van der Waals surface area contributed by atoms with Crippen molar-refractivity contribution in [2.75, 3.05) is 0 Å². The SMILES string of the molecule is C[C@]12CCC(=O)N[C@@H]1CCc1cc(-c3ccc(C#N)cc3)ccc12. The Morgan fingerprint density at radius 1 is 1.12 bits per heavy atom. The van der Waals surface area contributed by atoms with Gasteiger partial charge >= 0.3 is 0 Å². The molecular weight excluding hydrogens is 296 g/mol. The van der Waals surface area contributed by atoms with E-state index in [2.05, 4.69) is 36.5 Å². The number of nitriles is 1. The van der Waals surface area contributed by atoms with Crippen LogP contribution in [-0.2, 0) is 16.6 Å². The Bertz CT molecular complexity index is 847. The number of rotatable bonds is 1. The third kappa shape index (κ3) is 2.30. The molecule has 0 bridgehead atoms. The predicted octanol–water partition coefficient (Wildman–Crippen LogP) is 3.71. The molecule has 2 aromatic rings. The van der Waals surface area contributed by atoms with Crippen molar-refractivity contribution < 1.29 is 4.79 Å². The molecule has 1 aliphatic heterocycles. The molecule has 1 amide bonds. The summed E-state index contributed by atoms with van der Waals surface area (Å²) in [6, 6.07) is 16.9. The van der Waals surface area contributed by atoms with E-state index in [-0.39, 0.29) is 17.4 Å². The fourth-order valence-electron chi connectivity index (χ4n) is 4.26. The Balaban J connectivity index is 1.72. The average molecular weight is 316 g/mol. The zero-order valence-corrected chi connectivity index (χ0v) is 13.8. The number of fused-ring (bicyclic) bond motifs is 3. The molecule has 1 heterocycles. The largest absolute Gasteiger partial charge is 0.352 e. The maximum absolute atomic E-state index is 11.7. The summed E-state index contributed by atoms with van der Waals surface area (Å²) in [5, 5.41) is 12.1. The third-order valence-electron chi connectivity index (χ3n) is 5.75. The smallest absolute Gasteiger partial charge is 0.220 e. The molecule has 0 radical (unpaired) electrons. The van der Waals surface area contributed by atoms with Crippen LogP contribution in [0.25, 0.3) is 11.1 Å². The molecule has 2 aromatic carbocycles. The lowest BCUT2D eigenvalue weighted by atomic mass is 9.64. The number of benzene rings is 2. The van der Waals surface area contributed by atoms with Crippen LogP contribution in [0.15, 0.2) is 42.5 Å². The Hall–Kier alpha value is -2.60. The van der Waals surface area contributed by atoms with Crippen molar-refractivity contribution in [2.24, 2.45) is 0 Å². The highest BCUT2D eigenvalue weighted by Gasteiger charge is 2.43. The van der Waals surface area contributed by atoms with Gasteiger partial charge in [0.05, 0.1) is 11.6 Å². The summed E-state index contributed by atoms with van der Waals surface area (Å²) in [5.41, 5.74) is 5.85. The van der Waals surface area contributed by atoms with Gasteiger partial charge in [-0.2, -0.15) is 5.26 Å². The molecule has 3 nitrogen and oxygen atoms in total. The van der Waals surface area contributed by atoms with Gasteiger partial charge in [-0.3, -0.25) is 4.79 Å². The van der Waals surface area contributed by atoms with Crippen LogP contribution in [0.4, 0.5) is 0 Å². The number of hydrogen-bond donors (Lipinski definition) is 1. The molecule has 2 aliphatic rings. The number of carbonyl (C=O) groups is 1. The predicted molar refractivity (Wildman–Crippen MR) is 93.4 cm³/mol. The van der Waals surface area contributed by atoms with E-state index in [0.29, 0.717) is 12.0 Å². The van der Waals surface area contributed by atoms with E-state index < -0.39 is 0 Å². The zero-order chi connectivity index (χ0) is 16.7. The summed E-state index contributed by atoms with van der Waals surface area (Å²) in [6.45, 7) is 2.29. The van der Waals surface area contributed by atoms with E-state index in [4.69, 9.17) is 5.26 Å². The second-order valence-corrected chi connectivity index (χ2v) is 7.14. The van der Waals surface area contributed by atoms with Gasteiger partial charge in [-0.1, -0.05) is 37.3 Å². The molecule has 1 fully saturated rings. The van der Waals surface area contributed by atoms with Crippen LogP contribution in [0.3, 0.4) is 0 Å². The first-order chi connectivity index (χ1) is 11.6. The lowest BCUT2D eigenvalue weighted by molar-refractivity contribution is -0.125. The zero-order valence-electron chi connectivity index (χ0n) is 13.8. The number of amides is 1. The Labute approximate surface area is 142 Å². The first kappa shape index (κ1) is 15.0. The maximum Gasteiger partial charge on any atom is 0.220 e. The van der Waals surface area contributed by atoms with Crippen molar-refractivity contribution in [3.63, 3.8) is 0 Å². The monoisotopic (exact) mass is 316 g/mol. The van der Waals surface area contributed by atoms with Crippen molar-refractivity contribution in [2.45, 2.75) is 44.1 Å². The van der Waals surface area contributed by atoms with Gasteiger partial charge in [0.1, 0.15) is 0 Å². The van der Waals surface area contributed by atoms with E-state index in [9.17, 15) is 4.79 Å². The highest BCUT2D eigenvalue weighted by Crippen LogP contribution is 2.43. The molecule has 2 atom stereocenters. The summed E-state index contributed by atoms with van der Waals surface area (Å²) in [4.78, 5) is 11.7. The van der Waals surface area contributed by atoms with Crippen molar-refractivity contribution in [3.05, 3.63) is 59.2 Å². The molecule has 1 aliphatic carbocycles. The number of nitrogens with one attached hydrogen (secondary N) is 1. The van der Waals surface area contributed by atoms with Crippen LogP contribution in [0.1, 0.15) is 42.9 Å². The number of hydrogen-bond acceptors (Lipinski definition) is 2. The average Bonchev–Trinajstić information content (AvgIpc) is 2.62. The van der Waals surface area contributed by atoms with Crippen molar-refractivity contribution in [3.8, 4) is 17.2 Å². The topological polar surface area (TPSA) is 52.9 Å². The molecule has 4 rings (SSSR count). The Morgan fingerprint density at radius 2 is 1.88 bits per heavy atom. The summed E-state index contributed by atoms with van der Waals surface area (Å²) in [6.07, 6.45) is 3.54. The highest BCUT2D eigenvalue weighted by atomic mass is 16.1. The minimum Gasteiger partial charge on any atom is -0.352 e. The van der Waals surface area contributed by atoms with E-state index >= 15 is 0 Å². The maximum atomic E-state index is 11.7. The van der Waals surface area contributed by atoms with Gasteiger partial charge in [0.2, 0.25) is 5.91 Å². The van der Waals surface area contributed by atoms with Gasteiger partial charge in [-0.05, 0) is 53.6 Å². The lowest BCUT2D eigenvalue weighted by Gasteiger charge is -2.46. The summed E-state index contributed by atoms with van der Waals surface area (Å²) >= 11 is 0. The Morgan fingerprint density at radius 3 is 2.62 bits per heavy atom. The van der Waals surface area contributed by atoms with Gasteiger partial charge in [0.15, 0.2) is 0 Å². The molecule has 24 heavy (non-hydrogen) atoms. The fourth-order valence-corrected chi connectivity index (χ4v) is 4.26. The van der Waals surface area contributed by atoms with E-state index in [1.54, 1.807) is 0 Å². The number of carbonyl (C=O) groups excluding carboxylic acids is 1. The molecule has 0 spiro atoms. The number of piperidine rings is 1. The van der Waals surface area contributed by atoms with E-state index in [1.165, 1.54) is 16.7 Å². The van der Waals surface area contributed by atoms with Crippen LogP contribution < -0.4 is 5.32 Å². The minimum absolute atomic E-state index is 0.0463. The van der Waals surface area contributed by atoms with Crippen LogP contribution in [-0.4, -0.2) is 11.9 Å². The van der Waals surface area contributed by atoms with E-state index in [0.717, 1.165) is 24.8 Å². The molecule has 120 valence electrons. The van der Waals surface area contributed by atoms with Crippen LogP contribution in [0, 0.1) is 11.3 Å². The van der Waals surface area contributed by atoms with Crippen LogP contribution >= 0.6 is 0 Å². The third-order valence-corrected chi connectivity index (χ3v) is 5.75. The molecule has 0 saturated carbocycles.